The van der Waals surface area contributed by atoms with Gasteiger partial charge < -0.3 is 18.9 Å². The minimum absolute atomic E-state index is 0.0991. The lowest BCUT2D eigenvalue weighted by atomic mass is 10.1. The summed E-state index contributed by atoms with van der Waals surface area (Å²) in [6.45, 7) is 3.93. The van der Waals surface area contributed by atoms with E-state index in [9.17, 15) is 4.79 Å². The van der Waals surface area contributed by atoms with E-state index in [0.717, 1.165) is 11.3 Å². The molecule has 3 rings (SSSR count). The Morgan fingerprint density at radius 2 is 1.63 bits per heavy atom. The molecule has 1 heterocycles. The molecule has 1 aliphatic rings. The molecule has 0 saturated heterocycles. The lowest BCUT2D eigenvalue weighted by Crippen LogP contribution is -2.08. The number of hydrogen-bond acceptors (Lipinski definition) is 6. The molecular formula is C21H21NO5. The maximum atomic E-state index is 12.3. The largest absolute Gasteiger partial charge is 0.496 e. The van der Waals surface area contributed by atoms with Gasteiger partial charge in [0.15, 0.2) is 5.70 Å². The van der Waals surface area contributed by atoms with Crippen molar-refractivity contribution in [1.82, 2.24) is 0 Å². The van der Waals surface area contributed by atoms with Crippen molar-refractivity contribution in [3.63, 3.8) is 0 Å². The minimum Gasteiger partial charge on any atom is -0.496 e. The first-order valence-electron chi connectivity index (χ1n) is 8.52. The van der Waals surface area contributed by atoms with Crippen molar-refractivity contribution >= 4 is 17.9 Å². The smallest absolute Gasteiger partial charge is 0.363 e. The molecule has 0 aliphatic carbocycles. The molecule has 1 aliphatic heterocycles. The van der Waals surface area contributed by atoms with Crippen LogP contribution in [0, 0.1) is 0 Å². The van der Waals surface area contributed by atoms with Crippen LogP contribution in [0.1, 0.15) is 25.0 Å². The van der Waals surface area contributed by atoms with Crippen LogP contribution in [0.25, 0.3) is 6.08 Å². The van der Waals surface area contributed by atoms with E-state index in [1.54, 1.807) is 24.3 Å². The van der Waals surface area contributed by atoms with E-state index < -0.39 is 5.97 Å². The fourth-order valence-electron chi connectivity index (χ4n) is 2.65. The standard InChI is InChI=1S/C21H21NO5/c1-13(2)26-15-10-8-14(9-11-15)12-16-21(23)27-20(22-16)19-17(24-3)6-5-7-18(19)25-4/h5-13H,1-4H3/b16-12+. The summed E-state index contributed by atoms with van der Waals surface area (Å²) < 4.78 is 21.7. The quantitative estimate of drug-likeness (QED) is 0.573. The molecule has 0 bridgehead atoms. The third-order valence-corrected chi connectivity index (χ3v) is 3.82. The highest BCUT2D eigenvalue weighted by molar-refractivity contribution is 6.14. The van der Waals surface area contributed by atoms with Gasteiger partial charge in [-0.15, -0.1) is 0 Å². The van der Waals surface area contributed by atoms with E-state index in [4.69, 9.17) is 18.9 Å². The van der Waals surface area contributed by atoms with Crippen LogP contribution in [-0.2, 0) is 9.53 Å². The van der Waals surface area contributed by atoms with E-state index in [0.29, 0.717) is 17.1 Å². The molecule has 6 heteroatoms. The Hall–Kier alpha value is -3.28. The predicted molar refractivity (Wildman–Crippen MR) is 102 cm³/mol. The molecule has 0 spiro atoms. The zero-order valence-electron chi connectivity index (χ0n) is 15.7. The van der Waals surface area contributed by atoms with Crippen LogP contribution >= 0.6 is 0 Å². The predicted octanol–water partition coefficient (Wildman–Crippen LogP) is 3.84. The first-order chi connectivity index (χ1) is 13.0. The number of methoxy groups -OCH3 is 2. The van der Waals surface area contributed by atoms with Gasteiger partial charge in [-0.3, -0.25) is 0 Å². The molecule has 0 fully saturated rings. The van der Waals surface area contributed by atoms with Crippen molar-refractivity contribution in [3.8, 4) is 17.2 Å². The van der Waals surface area contributed by atoms with Crippen molar-refractivity contribution in [2.24, 2.45) is 4.99 Å². The topological polar surface area (TPSA) is 66.3 Å². The summed E-state index contributed by atoms with van der Waals surface area (Å²) in [7, 11) is 3.07. The van der Waals surface area contributed by atoms with E-state index in [2.05, 4.69) is 4.99 Å². The highest BCUT2D eigenvalue weighted by atomic mass is 16.6. The number of carbonyl (C=O) groups is 1. The monoisotopic (exact) mass is 367 g/mol. The van der Waals surface area contributed by atoms with Gasteiger partial charge in [0.25, 0.3) is 0 Å². The Morgan fingerprint density at radius 1 is 1.00 bits per heavy atom. The second kappa shape index (κ2) is 7.95. The van der Waals surface area contributed by atoms with E-state index >= 15 is 0 Å². The molecule has 0 saturated carbocycles. The summed E-state index contributed by atoms with van der Waals surface area (Å²) in [5, 5.41) is 0. The lowest BCUT2D eigenvalue weighted by Gasteiger charge is -2.11. The molecule has 6 nitrogen and oxygen atoms in total. The molecule has 0 aromatic heterocycles. The van der Waals surface area contributed by atoms with Crippen LogP contribution < -0.4 is 14.2 Å². The van der Waals surface area contributed by atoms with Crippen molar-refractivity contribution in [2.45, 2.75) is 20.0 Å². The molecule has 140 valence electrons. The third-order valence-electron chi connectivity index (χ3n) is 3.82. The van der Waals surface area contributed by atoms with Gasteiger partial charge in [0.2, 0.25) is 5.90 Å². The molecule has 27 heavy (non-hydrogen) atoms. The summed E-state index contributed by atoms with van der Waals surface area (Å²) in [5.41, 5.74) is 1.52. The Bertz CT molecular complexity index is 875. The molecule has 0 N–H and O–H groups in total. The number of ether oxygens (including phenoxy) is 4. The molecule has 0 amide bonds. The van der Waals surface area contributed by atoms with Crippen LogP contribution in [0.4, 0.5) is 0 Å². The maximum Gasteiger partial charge on any atom is 0.363 e. The molecular weight excluding hydrogens is 346 g/mol. The van der Waals surface area contributed by atoms with Crippen molar-refractivity contribution in [3.05, 3.63) is 59.3 Å². The summed E-state index contributed by atoms with van der Waals surface area (Å²) in [6.07, 6.45) is 1.76. The number of benzene rings is 2. The Kier molecular flexibility index (Phi) is 5.45. The highest BCUT2D eigenvalue weighted by Gasteiger charge is 2.28. The maximum absolute atomic E-state index is 12.3. The fraction of sp³-hybridized carbons (Fsp3) is 0.238. The van der Waals surface area contributed by atoms with Gasteiger partial charge in [-0.05, 0) is 49.8 Å². The SMILES string of the molecule is COc1cccc(OC)c1C1=N/C(=C/c2ccc(OC(C)C)cc2)C(=O)O1. The van der Waals surface area contributed by atoms with Crippen LogP contribution in [0.3, 0.4) is 0 Å². The summed E-state index contributed by atoms with van der Waals surface area (Å²) in [4.78, 5) is 16.6. The average Bonchev–Trinajstić information content (AvgIpc) is 3.02. The van der Waals surface area contributed by atoms with Gasteiger partial charge in [0.05, 0.1) is 20.3 Å². The van der Waals surface area contributed by atoms with Gasteiger partial charge in [-0.2, -0.15) is 0 Å². The van der Waals surface area contributed by atoms with Crippen LogP contribution in [0.5, 0.6) is 17.2 Å². The molecule has 2 aromatic carbocycles. The zero-order valence-corrected chi connectivity index (χ0v) is 15.7. The second-order valence-electron chi connectivity index (χ2n) is 6.11. The first-order valence-corrected chi connectivity index (χ1v) is 8.52. The molecule has 2 aromatic rings. The minimum atomic E-state index is -0.527. The first kappa shape index (κ1) is 18.5. The number of hydrogen-bond donors (Lipinski definition) is 0. The second-order valence-corrected chi connectivity index (χ2v) is 6.11. The van der Waals surface area contributed by atoms with Crippen molar-refractivity contribution in [1.29, 1.82) is 0 Å². The van der Waals surface area contributed by atoms with Gasteiger partial charge in [0, 0.05) is 0 Å². The van der Waals surface area contributed by atoms with Crippen LogP contribution in [0.15, 0.2) is 53.2 Å². The molecule has 0 radical (unpaired) electrons. The number of rotatable bonds is 6. The van der Waals surface area contributed by atoms with E-state index in [1.165, 1.54) is 14.2 Å². The van der Waals surface area contributed by atoms with E-state index in [1.807, 2.05) is 38.1 Å². The van der Waals surface area contributed by atoms with Crippen molar-refractivity contribution in [2.75, 3.05) is 14.2 Å². The molecule has 0 unspecified atom stereocenters. The van der Waals surface area contributed by atoms with E-state index in [-0.39, 0.29) is 17.7 Å². The van der Waals surface area contributed by atoms with Crippen LogP contribution in [-0.4, -0.2) is 32.2 Å². The Morgan fingerprint density at radius 3 is 2.19 bits per heavy atom. The number of cyclic esters (lactones) is 1. The Labute approximate surface area is 158 Å². The number of nitrogens with zero attached hydrogens (tertiary/aromatic N) is 1. The third kappa shape index (κ3) is 4.11. The highest BCUT2D eigenvalue weighted by Crippen LogP contribution is 2.32. The summed E-state index contributed by atoms with van der Waals surface area (Å²) in [5.74, 6) is 1.42. The fourth-order valence-corrected chi connectivity index (χ4v) is 2.65. The van der Waals surface area contributed by atoms with Crippen LogP contribution in [0.2, 0.25) is 0 Å². The van der Waals surface area contributed by atoms with Gasteiger partial charge >= 0.3 is 5.97 Å². The van der Waals surface area contributed by atoms with Gasteiger partial charge in [0.1, 0.15) is 22.8 Å². The normalized spacial score (nSPS) is 14.9. The lowest BCUT2D eigenvalue weighted by molar-refractivity contribution is -0.129. The summed E-state index contributed by atoms with van der Waals surface area (Å²) >= 11 is 0. The number of carbonyl (C=O) groups excluding carboxylic acids is 1. The summed E-state index contributed by atoms with van der Waals surface area (Å²) in [6, 6.07) is 12.7. The van der Waals surface area contributed by atoms with Gasteiger partial charge in [-0.25, -0.2) is 9.79 Å². The number of esters is 1. The Balaban J connectivity index is 1.92. The van der Waals surface area contributed by atoms with Crippen molar-refractivity contribution < 1.29 is 23.7 Å². The molecule has 0 atom stereocenters. The average molecular weight is 367 g/mol. The number of aliphatic imine (C=N–C) groups is 1. The zero-order chi connectivity index (χ0) is 19.4. The van der Waals surface area contributed by atoms with Gasteiger partial charge in [-0.1, -0.05) is 18.2 Å².